The van der Waals surface area contributed by atoms with Crippen molar-refractivity contribution in [2.45, 2.75) is 0 Å². The third-order valence-corrected chi connectivity index (χ3v) is 5.62. The van der Waals surface area contributed by atoms with Crippen molar-refractivity contribution in [2.75, 3.05) is 33.2 Å². The normalized spacial score (nSPS) is 15.6. The first-order chi connectivity index (χ1) is 13.6. The first-order valence-electron chi connectivity index (χ1n) is 9.49. The first-order valence-corrected chi connectivity index (χ1v) is 9.49. The van der Waals surface area contributed by atoms with Gasteiger partial charge in [0.15, 0.2) is 0 Å². The van der Waals surface area contributed by atoms with Gasteiger partial charge in [0.1, 0.15) is 5.69 Å². The molecular weight excluding hydrogens is 352 g/mol. The maximum absolute atomic E-state index is 13.4. The summed E-state index contributed by atoms with van der Waals surface area (Å²) in [6.07, 6.45) is 3.42. The maximum Gasteiger partial charge on any atom is 0.271 e. The van der Waals surface area contributed by atoms with Crippen molar-refractivity contribution in [2.24, 2.45) is 7.05 Å². The van der Waals surface area contributed by atoms with Crippen LogP contribution in [0.5, 0.6) is 0 Å². The van der Waals surface area contributed by atoms with E-state index in [1.54, 1.807) is 18.5 Å². The van der Waals surface area contributed by atoms with Gasteiger partial charge in [0.05, 0.1) is 16.6 Å². The van der Waals surface area contributed by atoms with Gasteiger partial charge in [-0.15, -0.1) is 0 Å². The van der Waals surface area contributed by atoms with E-state index in [1.807, 2.05) is 34.7 Å². The van der Waals surface area contributed by atoms with E-state index < -0.39 is 0 Å². The SMILES string of the molecule is CN1CCN(C(=O)c2cc3c(c4ccccc4n3C)n2-c2ncccn2)CC1. The van der Waals surface area contributed by atoms with Crippen molar-refractivity contribution in [3.8, 4) is 5.95 Å². The lowest BCUT2D eigenvalue weighted by Gasteiger charge is -2.32. The van der Waals surface area contributed by atoms with Crippen LogP contribution in [0.1, 0.15) is 10.5 Å². The molecule has 7 heteroatoms. The average Bonchev–Trinajstić information content (AvgIpc) is 3.25. The van der Waals surface area contributed by atoms with Crippen molar-refractivity contribution in [3.63, 3.8) is 0 Å². The summed E-state index contributed by atoms with van der Waals surface area (Å²) in [6, 6.07) is 12.0. The molecule has 0 radical (unpaired) electrons. The second-order valence-corrected chi connectivity index (χ2v) is 7.32. The van der Waals surface area contributed by atoms with Crippen molar-refractivity contribution < 1.29 is 4.79 Å². The third kappa shape index (κ3) is 2.51. The Morgan fingerprint density at radius 1 is 0.929 bits per heavy atom. The number of carbonyl (C=O) groups excluding carboxylic acids is 1. The number of hydrogen-bond acceptors (Lipinski definition) is 4. The van der Waals surface area contributed by atoms with Crippen molar-refractivity contribution in [1.29, 1.82) is 0 Å². The van der Waals surface area contributed by atoms with Crippen molar-refractivity contribution >= 4 is 27.8 Å². The summed E-state index contributed by atoms with van der Waals surface area (Å²) in [5.41, 5.74) is 3.71. The fraction of sp³-hybridized carbons (Fsp3) is 0.286. The molecule has 4 aromatic rings. The second kappa shape index (κ2) is 6.45. The Balaban J connectivity index is 1.75. The monoisotopic (exact) mass is 374 g/mol. The minimum Gasteiger partial charge on any atom is -0.342 e. The van der Waals surface area contributed by atoms with Gasteiger partial charge in [0.2, 0.25) is 5.95 Å². The summed E-state index contributed by atoms with van der Waals surface area (Å²) in [7, 11) is 4.12. The maximum atomic E-state index is 13.4. The molecule has 0 unspecified atom stereocenters. The molecule has 0 spiro atoms. The molecule has 1 saturated heterocycles. The average molecular weight is 374 g/mol. The molecule has 0 atom stereocenters. The number of piperazine rings is 1. The number of aryl methyl sites for hydroxylation is 1. The summed E-state index contributed by atoms with van der Waals surface area (Å²) in [5.74, 6) is 0.548. The van der Waals surface area contributed by atoms with Gasteiger partial charge in [0, 0.05) is 51.0 Å². The number of aromatic nitrogens is 4. The van der Waals surface area contributed by atoms with Gasteiger partial charge in [-0.05, 0) is 25.2 Å². The molecular formula is C21H22N6O. The van der Waals surface area contributed by atoms with Gasteiger partial charge in [-0.3, -0.25) is 9.36 Å². The number of carbonyl (C=O) groups is 1. The molecule has 1 fully saturated rings. The molecule has 1 aliphatic rings. The van der Waals surface area contributed by atoms with Gasteiger partial charge in [0.25, 0.3) is 5.91 Å². The Morgan fingerprint density at radius 2 is 1.64 bits per heavy atom. The van der Waals surface area contributed by atoms with Crippen molar-refractivity contribution in [1.82, 2.24) is 28.9 Å². The van der Waals surface area contributed by atoms with Crippen LogP contribution < -0.4 is 0 Å². The Kier molecular flexibility index (Phi) is 3.91. The molecule has 1 aromatic carbocycles. The van der Waals surface area contributed by atoms with Crippen LogP contribution in [0.25, 0.3) is 27.9 Å². The van der Waals surface area contributed by atoms with Gasteiger partial charge in [-0.2, -0.15) is 0 Å². The predicted octanol–water partition coefficient (Wildman–Crippen LogP) is 2.30. The number of hydrogen-bond donors (Lipinski definition) is 0. The van der Waals surface area contributed by atoms with E-state index in [0.29, 0.717) is 11.6 Å². The zero-order chi connectivity index (χ0) is 19.3. The number of amides is 1. The summed E-state index contributed by atoms with van der Waals surface area (Å²) in [5, 5.41) is 1.09. The number of rotatable bonds is 2. The highest BCUT2D eigenvalue weighted by molar-refractivity contribution is 6.10. The van der Waals surface area contributed by atoms with Crippen LogP contribution in [0.15, 0.2) is 48.8 Å². The minimum absolute atomic E-state index is 0.0286. The lowest BCUT2D eigenvalue weighted by atomic mass is 10.2. The summed E-state index contributed by atoms with van der Waals surface area (Å²) in [6.45, 7) is 3.23. The smallest absolute Gasteiger partial charge is 0.271 e. The zero-order valence-electron chi connectivity index (χ0n) is 16.0. The van der Waals surface area contributed by atoms with E-state index in [0.717, 1.165) is 48.1 Å². The number of likely N-dealkylation sites (N-methyl/N-ethyl adjacent to an activating group) is 1. The van der Waals surface area contributed by atoms with Gasteiger partial charge >= 0.3 is 0 Å². The van der Waals surface area contributed by atoms with Crippen LogP contribution in [-0.4, -0.2) is 68.0 Å². The number of benzene rings is 1. The van der Waals surface area contributed by atoms with E-state index in [2.05, 4.69) is 38.6 Å². The largest absolute Gasteiger partial charge is 0.342 e. The summed E-state index contributed by atoms with van der Waals surface area (Å²) in [4.78, 5) is 26.5. The summed E-state index contributed by atoms with van der Waals surface area (Å²) < 4.78 is 4.04. The zero-order valence-corrected chi connectivity index (χ0v) is 16.0. The number of nitrogens with zero attached hydrogens (tertiary/aromatic N) is 6. The Labute approximate surface area is 162 Å². The number of para-hydroxylation sites is 1. The Bertz CT molecular complexity index is 1170. The molecule has 0 bridgehead atoms. The van der Waals surface area contributed by atoms with E-state index >= 15 is 0 Å². The lowest BCUT2D eigenvalue weighted by molar-refractivity contribution is 0.0656. The molecule has 28 heavy (non-hydrogen) atoms. The van der Waals surface area contributed by atoms with E-state index in [-0.39, 0.29) is 5.91 Å². The van der Waals surface area contributed by atoms with E-state index in [9.17, 15) is 4.79 Å². The van der Waals surface area contributed by atoms with Crippen LogP contribution in [-0.2, 0) is 7.05 Å². The molecule has 7 nitrogen and oxygen atoms in total. The van der Waals surface area contributed by atoms with Gasteiger partial charge < -0.3 is 14.4 Å². The molecule has 1 amide bonds. The third-order valence-electron chi connectivity index (χ3n) is 5.62. The molecule has 0 N–H and O–H groups in total. The predicted molar refractivity (Wildman–Crippen MR) is 109 cm³/mol. The van der Waals surface area contributed by atoms with E-state index in [1.165, 1.54) is 0 Å². The van der Waals surface area contributed by atoms with Crippen LogP contribution in [0, 0.1) is 0 Å². The highest BCUT2D eigenvalue weighted by Gasteiger charge is 2.27. The Morgan fingerprint density at radius 3 is 2.39 bits per heavy atom. The lowest BCUT2D eigenvalue weighted by Crippen LogP contribution is -2.47. The fourth-order valence-electron chi connectivity index (χ4n) is 4.05. The highest BCUT2D eigenvalue weighted by Crippen LogP contribution is 2.33. The van der Waals surface area contributed by atoms with Gasteiger partial charge in [-0.1, -0.05) is 18.2 Å². The van der Waals surface area contributed by atoms with Crippen LogP contribution in [0.4, 0.5) is 0 Å². The first kappa shape index (κ1) is 16.9. The molecule has 3 aromatic heterocycles. The van der Waals surface area contributed by atoms with Crippen molar-refractivity contribution in [3.05, 3.63) is 54.5 Å². The molecule has 0 saturated carbocycles. The minimum atomic E-state index is 0.0286. The van der Waals surface area contributed by atoms with E-state index in [4.69, 9.17) is 0 Å². The molecule has 5 rings (SSSR count). The Hall–Kier alpha value is -3.19. The van der Waals surface area contributed by atoms with Gasteiger partial charge in [-0.25, -0.2) is 9.97 Å². The van der Waals surface area contributed by atoms with Crippen LogP contribution in [0.2, 0.25) is 0 Å². The second-order valence-electron chi connectivity index (χ2n) is 7.32. The van der Waals surface area contributed by atoms with Crippen LogP contribution >= 0.6 is 0 Å². The number of fused-ring (bicyclic) bond motifs is 3. The highest BCUT2D eigenvalue weighted by atomic mass is 16.2. The fourth-order valence-corrected chi connectivity index (χ4v) is 4.05. The standard InChI is InChI=1S/C21H22N6O/c1-24-10-12-26(13-11-24)20(28)18-14-17-19(27(18)21-22-8-5-9-23-21)15-6-3-4-7-16(15)25(17)2/h3-9,14H,10-13H2,1-2H3. The molecule has 0 aliphatic carbocycles. The molecule has 1 aliphatic heterocycles. The molecule has 142 valence electrons. The summed E-state index contributed by atoms with van der Waals surface area (Å²) >= 11 is 0. The quantitative estimate of drug-likeness (QED) is 0.540. The molecule has 4 heterocycles. The topological polar surface area (TPSA) is 59.2 Å². The van der Waals surface area contributed by atoms with Crippen LogP contribution in [0.3, 0.4) is 0 Å².